The van der Waals surface area contributed by atoms with E-state index in [9.17, 15) is 9.90 Å². The maximum Gasteiger partial charge on any atom is 0.321 e. The molecule has 0 radical (unpaired) electrons. The smallest absolute Gasteiger partial charge is 0.321 e. The third-order valence-corrected chi connectivity index (χ3v) is 6.36. The highest BCUT2D eigenvalue weighted by Gasteiger charge is 2.21. The highest BCUT2D eigenvalue weighted by Crippen LogP contribution is 2.20. The molecule has 1 unspecified atom stereocenters. The van der Waals surface area contributed by atoms with Gasteiger partial charge in [-0.05, 0) is 29.2 Å². The minimum atomic E-state index is -0.902. The van der Waals surface area contributed by atoms with E-state index in [2.05, 4.69) is 10.3 Å². The standard InChI is InChI=1S/C27H24ClN3O2S/c28-23-14-8-7-13-21(23)18-31-22(17-30-26(31)25(34)20-11-5-2-6-12-20)16-29-24(27(32)33)15-19-9-3-1-4-10-19/h1-14,17,24,29H,15-16,18H2,(H,32,33). The van der Waals surface area contributed by atoms with Crippen LogP contribution < -0.4 is 5.32 Å². The first-order chi connectivity index (χ1) is 16.5. The van der Waals surface area contributed by atoms with Gasteiger partial charge in [0, 0.05) is 11.6 Å². The van der Waals surface area contributed by atoms with E-state index < -0.39 is 12.0 Å². The van der Waals surface area contributed by atoms with E-state index in [0.717, 1.165) is 22.4 Å². The van der Waals surface area contributed by atoms with Gasteiger partial charge in [-0.3, -0.25) is 10.1 Å². The number of carbonyl (C=O) groups is 1. The molecule has 0 saturated carbocycles. The highest BCUT2D eigenvalue weighted by atomic mass is 35.5. The molecule has 34 heavy (non-hydrogen) atoms. The topological polar surface area (TPSA) is 67.2 Å². The number of rotatable bonds is 10. The summed E-state index contributed by atoms with van der Waals surface area (Å²) in [7, 11) is 0. The minimum absolute atomic E-state index is 0.318. The molecule has 4 rings (SSSR count). The van der Waals surface area contributed by atoms with Gasteiger partial charge in [0.25, 0.3) is 0 Å². The fraction of sp³-hybridized carbons (Fsp3) is 0.148. The fourth-order valence-corrected chi connectivity index (χ4v) is 4.24. The summed E-state index contributed by atoms with van der Waals surface area (Å²) in [6, 6.07) is 26.2. The van der Waals surface area contributed by atoms with E-state index in [4.69, 9.17) is 23.8 Å². The van der Waals surface area contributed by atoms with E-state index >= 15 is 0 Å². The molecule has 1 atom stereocenters. The number of nitrogens with one attached hydrogen (secondary N) is 1. The van der Waals surface area contributed by atoms with Gasteiger partial charge in [-0.15, -0.1) is 0 Å². The van der Waals surface area contributed by atoms with Crippen LogP contribution >= 0.6 is 23.8 Å². The molecule has 1 aromatic heterocycles. The second kappa shape index (κ2) is 11.2. The Bertz CT molecular complexity index is 1280. The molecular weight excluding hydrogens is 466 g/mol. The first kappa shape index (κ1) is 23.8. The van der Waals surface area contributed by atoms with Crippen molar-refractivity contribution in [3.63, 3.8) is 0 Å². The summed E-state index contributed by atoms with van der Waals surface area (Å²) in [5.41, 5.74) is 3.61. The third kappa shape index (κ3) is 5.78. The van der Waals surface area contributed by atoms with Gasteiger partial charge in [0.2, 0.25) is 0 Å². The first-order valence-corrected chi connectivity index (χ1v) is 11.7. The van der Waals surface area contributed by atoms with Crippen molar-refractivity contribution in [2.75, 3.05) is 0 Å². The van der Waals surface area contributed by atoms with Crippen LogP contribution in [0.1, 0.15) is 28.2 Å². The Kier molecular flexibility index (Phi) is 7.85. The lowest BCUT2D eigenvalue weighted by Gasteiger charge is -2.17. The van der Waals surface area contributed by atoms with Crippen LogP contribution in [0, 0.1) is 0 Å². The maximum atomic E-state index is 11.9. The SMILES string of the molecule is O=C(O)C(Cc1ccccc1)NCc1cnc(C(=S)c2ccccc2)n1Cc1ccccc1Cl. The van der Waals surface area contributed by atoms with E-state index in [1.165, 1.54) is 0 Å². The highest BCUT2D eigenvalue weighted by molar-refractivity contribution is 7.81. The number of halogens is 1. The van der Waals surface area contributed by atoms with Gasteiger partial charge in [-0.1, -0.05) is 103 Å². The molecule has 2 N–H and O–H groups in total. The largest absolute Gasteiger partial charge is 0.480 e. The number of hydrogen-bond acceptors (Lipinski definition) is 4. The molecule has 3 aromatic carbocycles. The molecule has 172 valence electrons. The number of thiocarbonyl (C=S) groups is 1. The van der Waals surface area contributed by atoms with Crippen LogP contribution in [0.2, 0.25) is 5.02 Å². The third-order valence-electron chi connectivity index (χ3n) is 5.57. The van der Waals surface area contributed by atoms with Gasteiger partial charge >= 0.3 is 5.97 Å². The van der Waals surface area contributed by atoms with Crippen LogP contribution in [-0.4, -0.2) is 31.5 Å². The zero-order valence-corrected chi connectivity index (χ0v) is 20.0. The number of carboxylic acid groups (broad SMARTS) is 1. The molecule has 0 saturated heterocycles. The summed E-state index contributed by atoms with van der Waals surface area (Å²) in [5, 5.41) is 13.6. The van der Waals surface area contributed by atoms with E-state index in [0.29, 0.717) is 35.2 Å². The van der Waals surface area contributed by atoms with Gasteiger partial charge < -0.3 is 9.67 Å². The van der Waals surface area contributed by atoms with Gasteiger partial charge in [-0.2, -0.15) is 0 Å². The monoisotopic (exact) mass is 489 g/mol. The molecule has 0 aliphatic rings. The Morgan fingerprint density at radius 1 is 1.00 bits per heavy atom. The van der Waals surface area contributed by atoms with Crippen LogP contribution in [0.15, 0.2) is 91.1 Å². The summed E-state index contributed by atoms with van der Waals surface area (Å²) in [6.45, 7) is 0.786. The molecule has 0 aliphatic carbocycles. The van der Waals surface area contributed by atoms with E-state index in [1.807, 2.05) is 89.5 Å². The Labute approximate surface area is 209 Å². The lowest BCUT2D eigenvalue weighted by atomic mass is 10.1. The Morgan fingerprint density at radius 2 is 1.65 bits per heavy atom. The quantitative estimate of drug-likeness (QED) is 0.238. The average Bonchev–Trinajstić information content (AvgIpc) is 3.26. The number of aromatic nitrogens is 2. The molecule has 0 spiro atoms. The number of hydrogen-bond donors (Lipinski definition) is 2. The minimum Gasteiger partial charge on any atom is -0.480 e. The molecule has 0 aliphatic heterocycles. The molecule has 1 heterocycles. The molecule has 4 aromatic rings. The van der Waals surface area contributed by atoms with Crippen LogP contribution in [0.5, 0.6) is 0 Å². The van der Waals surface area contributed by atoms with Crippen molar-refractivity contribution >= 4 is 34.7 Å². The van der Waals surface area contributed by atoms with Crippen LogP contribution in [0.3, 0.4) is 0 Å². The molecule has 7 heteroatoms. The van der Waals surface area contributed by atoms with E-state index in [-0.39, 0.29) is 0 Å². The van der Waals surface area contributed by atoms with Gasteiger partial charge in [0.1, 0.15) is 6.04 Å². The van der Waals surface area contributed by atoms with Gasteiger partial charge in [-0.25, -0.2) is 4.98 Å². The zero-order valence-electron chi connectivity index (χ0n) is 18.4. The Morgan fingerprint density at radius 3 is 2.32 bits per heavy atom. The Hall–Kier alpha value is -3.32. The van der Waals surface area contributed by atoms with Crippen molar-refractivity contribution in [1.29, 1.82) is 0 Å². The number of benzene rings is 3. The van der Waals surface area contributed by atoms with Crippen molar-refractivity contribution in [3.05, 3.63) is 124 Å². The van der Waals surface area contributed by atoms with Gasteiger partial charge in [0.15, 0.2) is 5.82 Å². The number of aliphatic carboxylic acids is 1. The summed E-state index contributed by atoms with van der Waals surface area (Å²) in [4.78, 5) is 17.2. The van der Waals surface area contributed by atoms with Crippen LogP contribution in [-0.2, 0) is 24.3 Å². The second-order valence-electron chi connectivity index (χ2n) is 7.91. The number of nitrogens with zero attached hydrogens (tertiary/aromatic N) is 2. The Balaban J connectivity index is 1.62. The number of imidazole rings is 1. The molecule has 0 bridgehead atoms. The maximum absolute atomic E-state index is 11.9. The molecule has 5 nitrogen and oxygen atoms in total. The lowest BCUT2D eigenvalue weighted by Crippen LogP contribution is -2.38. The second-order valence-corrected chi connectivity index (χ2v) is 8.72. The predicted octanol–water partition coefficient (Wildman–Crippen LogP) is 5.14. The van der Waals surface area contributed by atoms with Crippen molar-refractivity contribution in [2.24, 2.45) is 0 Å². The molecule has 0 fully saturated rings. The van der Waals surface area contributed by atoms with Crippen molar-refractivity contribution in [2.45, 2.75) is 25.6 Å². The van der Waals surface area contributed by atoms with Crippen LogP contribution in [0.25, 0.3) is 0 Å². The zero-order chi connectivity index (χ0) is 23.9. The van der Waals surface area contributed by atoms with E-state index in [1.54, 1.807) is 6.20 Å². The van der Waals surface area contributed by atoms with Crippen molar-refractivity contribution in [1.82, 2.24) is 14.9 Å². The lowest BCUT2D eigenvalue weighted by molar-refractivity contribution is -0.139. The van der Waals surface area contributed by atoms with Crippen LogP contribution in [0.4, 0.5) is 0 Å². The predicted molar refractivity (Wildman–Crippen MR) is 138 cm³/mol. The summed E-state index contributed by atoms with van der Waals surface area (Å²) in [6.07, 6.45) is 2.12. The van der Waals surface area contributed by atoms with Crippen molar-refractivity contribution < 1.29 is 9.90 Å². The normalized spacial score (nSPS) is 11.8. The van der Waals surface area contributed by atoms with Crippen molar-refractivity contribution in [3.8, 4) is 0 Å². The average molecular weight is 490 g/mol. The molecular formula is C27H24ClN3O2S. The molecule has 0 amide bonds. The summed E-state index contributed by atoms with van der Waals surface area (Å²) in [5.74, 6) is -0.256. The fourth-order valence-electron chi connectivity index (χ4n) is 3.75. The summed E-state index contributed by atoms with van der Waals surface area (Å²) >= 11 is 12.2. The number of carboxylic acids is 1. The summed E-state index contributed by atoms with van der Waals surface area (Å²) < 4.78 is 2.00. The first-order valence-electron chi connectivity index (χ1n) is 10.9. The van der Waals surface area contributed by atoms with Gasteiger partial charge in [0.05, 0.1) is 23.3 Å².